The van der Waals surface area contributed by atoms with Crippen LogP contribution in [0.3, 0.4) is 0 Å². The molecule has 76 valence electrons. The fourth-order valence-corrected chi connectivity index (χ4v) is 1.71. The zero-order valence-corrected chi connectivity index (χ0v) is 9.08. The van der Waals surface area contributed by atoms with E-state index < -0.39 is 0 Å². The summed E-state index contributed by atoms with van der Waals surface area (Å²) in [5.74, 6) is -0.192. The van der Waals surface area contributed by atoms with E-state index in [0.29, 0.717) is 6.61 Å². The molecule has 0 saturated carbocycles. The molecular formula is C10H13NO2S. The lowest BCUT2D eigenvalue weighted by Crippen LogP contribution is -2.16. The molecule has 0 radical (unpaired) electrons. The van der Waals surface area contributed by atoms with Crippen LogP contribution in [0, 0.1) is 0 Å². The molecule has 4 heteroatoms. The Hall–Kier alpha value is -1.03. The zero-order chi connectivity index (χ0) is 10.4. The van der Waals surface area contributed by atoms with Crippen molar-refractivity contribution >= 4 is 17.7 Å². The van der Waals surface area contributed by atoms with Gasteiger partial charge in [-0.3, -0.25) is 4.79 Å². The van der Waals surface area contributed by atoms with E-state index in [-0.39, 0.29) is 11.2 Å². The molecule has 0 aliphatic carbocycles. The van der Waals surface area contributed by atoms with E-state index in [4.69, 9.17) is 4.74 Å². The van der Waals surface area contributed by atoms with Gasteiger partial charge in [0.05, 0.1) is 11.6 Å². The highest BCUT2D eigenvalue weighted by atomic mass is 32.2. The number of ether oxygens (including phenoxy) is 1. The Labute approximate surface area is 87.9 Å². The molecule has 0 unspecified atom stereocenters. The van der Waals surface area contributed by atoms with E-state index in [9.17, 15) is 4.79 Å². The number of esters is 1. The molecule has 1 rings (SSSR count). The van der Waals surface area contributed by atoms with Crippen molar-refractivity contribution in [2.24, 2.45) is 0 Å². The Morgan fingerprint density at radius 1 is 1.64 bits per heavy atom. The summed E-state index contributed by atoms with van der Waals surface area (Å²) in [5, 5.41) is 0.637. The summed E-state index contributed by atoms with van der Waals surface area (Å²) >= 11 is 1.41. The molecule has 0 fully saturated rings. The van der Waals surface area contributed by atoms with Crippen molar-refractivity contribution < 1.29 is 9.53 Å². The van der Waals surface area contributed by atoms with Crippen LogP contribution in [0.25, 0.3) is 0 Å². The number of hydrogen-bond acceptors (Lipinski definition) is 4. The molecule has 0 amide bonds. The quantitative estimate of drug-likeness (QED) is 0.565. The lowest BCUT2D eigenvalue weighted by molar-refractivity contribution is -0.142. The second-order valence-corrected chi connectivity index (χ2v) is 4.04. The maximum absolute atomic E-state index is 11.3. The molecular weight excluding hydrogens is 198 g/mol. The van der Waals surface area contributed by atoms with Crippen molar-refractivity contribution in [1.29, 1.82) is 0 Å². The van der Waals surface area contributed by atoms with E-state index in [1.807, 2.05) is 25.1 Å². The molecule has 0 saturated heterocycles. The SMILES string of the molecule is CCOC(=O)[C@@H](C)Sc1ccccn1. The average molecular weight is 211 g/mol. The molecule has 0 bridgehead atoms. The van der Waals surface area contributed by atoms with Crippen LogP contribution in [-0.2, 0) is 9.53 Å². The van der Waals surface area contributed by atoms with Crippen LogP contribution in [-0.4, -0.2) is 22.8 Å². The van der Waals surface area contributed by atoms with Crippen LogP contribution in [0.2, 0.25) is 0 Å². The van der Waals surface area contributed by atoms with Crippen molar-refractivity contribution in [3.63, 3.8) is 0 Å². The highest BCUT2D eigenvalue weighted by Crippen LogP contribution is 2.20. The summed E-state index contributed by atoms with van der Waals surface area (Å²) in [6, 6.07) is 5.62. The number of nitrogens with zero attached hydrogens (tertiary/aromatic N) is 1. The van der Waals surface area contributed by atoms with Gasteiger partial charge in [-0.15, -0.1) is 0 Å². The Kier molecular flexibility index (Phi) is 4.46. The summed E-state index contributed by atoms with van der Waals surface area (Å²) in [5.41, 5.74) is 0. The van der Waals surface area contributed by atoms with E-state index in [0.717, 1.165) is 5.03 Å². The smallest absolute Gasteiger partial charge is 0.319 e. The molecule has 0 aliphatic rings. The van der Waals surface area contributed by atoms with Crippen LogP contribution in [0.4, 0.5) is 0 Å². The number of aromatic nitrogens is 1. The van der Waals surface area contributed by atoms with Gasteiger partial charge >= 0.3 is 5.97 Å². The number of pyridine rings is 1. The van der Waals surface area contributed by atoms with Crippen LogP contribution < -0.4 is 0 Å². The molecule has 1 aromatic heterocycles. The van der Waals surface area contributed by atoms with E-state index in [1.165, 1.54) is 11.8 Å². The zero-order valence-electron chi connectivity index (χ0n) is 8.27. The lowest BCUT2D eigenvalue weighted by Gasteiger charge is -2.08. The number of carbonyl (C=O) groups excluding carboxylic acids is 1. The van der Waals surface area contributed by atoms with Crippen molar-refractivity contribution in [2.45, 2.75) is 24.1 Å². The lowest BCUT2D eigenvalue weighted by atomic mass is 10.5. The summed E-state index contributed by atoms with van der Waals surface area (Å²) < 4.78 is 4.89. The largest absolute Gasteiger partial charge is 0.465 e. The predicted molar refractivity (Wildman–Crippen MR) is 56.2 cm³/mol. The van der Waals surface area contributed by atoms with Gasteiger partial charge in [-0.1, -0.05) is 17.8 Å². The van der Waals surface area contributed by atoms with Gasteiger partial charge in [0, 0.05) is 6.20 Å². The van der Waals surface area contributed by atoms with Crippen molar-refractivity contribution in [2.75, 3.05) is 6.61 Å². The molecule has 1 heterocycles. The summed E-state index contributed by atoms with van der Waals surface area (Å²) in [4.78, 5) is 15.4. The molecule has 3 nitrogen and oxygen atoms in total. The Balaban J connectivity index is 2.49. The van der Waals surface area contributed by atoms with Gasteiger partial charge in [-0.2, -0.15) is 0 Å². The number of rotatable bonds is 4. The minimum atomic E-state index is -0.204. The minimum absolute atomic E-state index is 0.192. The van der Waals surface area contributed by atoms with Gasteiger partial charge < -0.3 is 4.74 Å². The Bertz CT molecular complexity index is 289. The summed E-state index contributed by atoms with van der Waals surface area (Å²) in [6.45, 7) is 4.04. The molecule has 0 aromatic carbocycles. The maximum Gasteiger partial charge on any atom is 0.319 e. The maximum atomic E-state index is 11.3. The van der Waals surface area contributed by atoms with Crippen molar-refractivity contribution in [3.8, 4) is 0 Å². The number of thioether (sulfide) groups is 1. The van der Waals surface area contributed by atoms with E-state index >= 15 is 0 Å². The standard InChI is InChI=1S/C10H13NO2S/c1-3-13-10(12)8(2)14-9-6-4-5-7-11-9/h4-8H,3H2,1-2H3/t8-/m1/s1. The molecule has 1 atom stereocenters. The topological polar surface area (TPSA) is 39.2 Å². The average Bonchev–Trinajstić information content (AvgIpc) is 2.19. The third-order valence-corrected chi connectivity index (χ3v) is 2.58. The Morgan fingerprint density at radius 2 is 2.43 bits per heavy atom. The molecule has 14 heavy (non-hydrogen) atoms. The first-order chi connectivity index (χ1) is 6.74. The highest BCUT2D eigenvalue weighted by Gasteiger charge is 2.15. The van der Waals surface area contributed by atoms with E-state index in [1.54, 1.807) is 13.1 Å². The van der Waals surface area contributed by atoms with Gasteiger partial charge in [0.2, 0.25) is 0 Å². The first-order valence-corrected chi connectivity index (χ1v) is 5.36. The molecule has 0 spiro atoms. The van der Waals surface area contributed by atoms with Gasteiger partial charge in [0.25, 0.3) is 0 Å². The third kappa shape index (κ3) is 3.38. The van der Waals surface area contributed by atoms with Crippen LogP contribution >= 0.6 is 11.8 Å². The highest BCUT2D eigenvalue weighted by molar-refractivity contribution is 8.00. The van der Waals surface area contributed by atoms with Crippen molar-refractivity contribution in [3.05, 3.63) is 24.4 Å². The first kappa shape index (κ1) is 11.0. The number of hydrogen-bond donors (Lipinski definition) is 0. The monoisotopic (exact) mass is 211 g/mol. The second-order valence-electron chi connectivity index (χ2n) is 2.68. The van der Waals surface area contributed by atoms with Crippen LogP contribution in [0.15, 0.2) is 29.4 Å². The van der Waals surface area contributed by atoms with Gasteiger partial charge in [-0.05, 0) is 26.0 Å². The van der Waals surface area contributed by atoms with Gasteiger partial charge in [-0.25, -0.2) is 4.98 Å². The van der Waals surface area contributed by atoms with Crippen molar-refractivity contribution in [1.82, 2.24) is 4.98 Å². The second kappa shape index (κ2) is 5.65. The van der Waals surface area contributed by atoms with E-state index in [2.05, 4.69) is 4.98 Å². The fraction of sp³-hybridized carbons (Fsp3) is 0.400. The molecule has 0 N–H and O–H groups in total. The summed E-state index contributed by atoms with van der Waals surface area (Å²) in [7, 11) is 0. The first-order valence-electron chi connectivity index (χ1n) is 4.48. The van der Waals surface area contributed by atoms with Crippen LogP contribution in [0.5, 0.6) is 0 Å². The van der Waals surface area contributed by atoms with Crippen LogP contribution in [0.1, 0.15) is 13.8 Å². The normalized spacial score (nSPS) is 12.1. The predicted octanol–water partition coefficient (Wildman–Crippen LogP) is 2.13. The Morgan fingerprint density at radius 3 is 3.00 bits per heavy atom. The van der Waals surface area contributed by atoms with Gasteiger partial charge in [0.15, 0.2) is 0 Å². The minimum Gasteiger partial charge on any atom is -0.465 e. The van der Waals surface area contributed by atoms with Gasteiger partial charge in [0.1, 0.15) is 5.25 Å². The fourth-order valence-electron chi connectivity index (χ4n) is 0.906. The summed E-state index contributed by atoms with van der Waals surface area (Å²) in [6.07, 6.45) is 1.71. The number of carbonyl (C=O) groups is 1. The molecule has 1 aromatic rings. The molecule has 0 aliphatic heterocycles. The third-order valence-electron chi connectivity index (χ3n) is 1.55.